The molecule has 0 spiro atoms. The summed E-state index contributed by atoms with van der Waals surface area (Å²) in [7, 11) is 0. The zero-order valence-corrected chi connectivity index (χ0v) is 9.40. The van der Waals surface area contributed by atoms with Crippen molar-refractivity contribution in [2.75, 3.05) is 0 Å². The van der Waals surface area contributed by atoms with Gasteiger partial charge in [-0.15, -0.1) is 0 Å². The van der Waals surface area contributed by atoms with Gasteiger partial charge in [0.1, 0.15) is 6.04 Å². The van der Waals surface area contributed by atoms with E-state index in [1.807, 2.05) is 13.8 Å². The first-order valence-electron chi connectivity index (χ1n) is 5.12. The number of esters is 1. The van der Waals surface area contributed by atoms with Gasteiger partial charge in [0.2, 0.25) is 0 Å². The fraction of sp³-hybridized carbons (Fsp3) is 0.800. The maximum absolute atomic E-state index is 11.4. The Morgan fingerprint density at radius 3 is 2.20 bits per heavy atom. The van der Waals surface area contributed by atoms with Gasteiger partial charge in [-0.25, -0.2) is 4.79 Å². The van der Waals surface area contributed by atoms with Crippen LogP contribution < -0.4 is 5.73 Å². The summed E-state index contributed by atoms with van der Waals surface area (Å²) >= 11 is 0. The number of carbonyl (C=O) groups excluding carboxylic acids is 1. The van der Waals surface area contributed by atoms with Crippen molar-refractivity contribution in [1.82, 2.24) is 0 Å². The zero-order valence-electron chi connectivity index (χ0n) is 9.40. The quantitative estimate of drug-likeness (QED) is 0.641. The standard InChI is InChI=1S/C10H19NO4/c1-4-6(3)8(11)10(14)15-7(5-2)9(12)13/h6-8H,4-5,11H2,1-3H3,(H,12,13). The minimum atomic E-state index is -1.14. The maximum atomic E-state index is 11.4. The lowest BCUT2D eigenvalue weighted by Crippen LogP contribution is -2.41. The van der Waals surface area contributed by atoms with Gasteiger partial charge < -0.3 is 15.6 Å². The van der Waals surface area contributed by atoms with Gasteiger partial charge in [0.15, 0.2) is 6.10 Å². The molecule has 0 aliphatic carbocycles. The van der Waals surface area contributed by atoms with Gasteiger partial charge in [-0.2, -0.15) is 0 Å². The number of carboxylic acid groups (broad SMARTS) is 1. The van der Waals surface area contributed by atoms with Crippen molar-refractivity contribution in [2.45, 2.75) is 45.8 Å². The molecular weight excluding hydrogens is 198 g/mol. The van der Waals surface area contributed by atoms with Crippen molar-refractivity contribution < 1.29 is 19.4 Å². The Bertz CT molecular complexity index is 229. The highest BCUT2D eigenvalue weighted by Gasteiger charge is 2.26. The Balaban J connectivity index is 4.28. The number of aliphatic carboxylic acids is 1. The molecule has 3 unspecified atom stereocenters. The second-order valence-electron chi connectivity index (χ2n) is 3.58. The summed E-state index contributed by atoms with van der Waals surface area (Å²) in [4.78, 5) is 22.0. The van der Waals surface area contributed by atoms with Crippen LogP contribution in [0.3, 0.4) is 0 Å². The summed E-state index contributed by atoms with van der Waals surface area (Å²) in [5, 5.41) is 8.68. The third kappa shape index (κ3) is 4.29. The fourth-order valence-corrected chi connectivity index (χ4v) is 1.01. The van der Waals surface area contributed by atoms with Crippen molar-refractivity contribution >= 4 is 11.9 Å². The van der Waals surface area contributed by atoms with Crippen LogP contribution >= 0.6 is 0 Å². The first-order chi connectivity index (χ1) is 6.93. The molecule has 0 aliphatic heterocycles. The molecule has 5 nitrogen and oxygen atoms in total. The molecule has 15 heavy (non-hydrogen) atoms. The summed E-state index contributed by atoms with van der Waals surface area (Å²) in [6.07, 6.45) is -0.0957. The summed E-state index contributed by atoms with van der Waals surface area (Å²) in [6, 6.07) is -0.747. The molecule has 3 atom stereocenters. The number of hydrogen-bond acceptors (Lipinski definition) is 4. The van der Waals surface area contributed by atoms with E-state index in [1.54, 1.807) is 6.92 Å². The SMILES string of the molecule is CCC(OC(=O)C(N)C(C)CC)C(=O)O. The van der Waals surface area contributed by atoms with E-state index in [-0.39, 0.29) is 12.3 Å². The van der Waals surface area contributed by atoms with Gasteiger partial charge in [0.05, 0.1) is 0 Å². The van der Waals surface area contributed by atoms with Gasteiger partial charge in [0.25, 0.3) is 0 Å². The van der Waals surface area contributed by atoms with E-state index in [9.17, 15) is 9.59 Å². The third-order valence-electron chi connectivity index (χ3n) is 2.43. The normalized spacial score (nSPS) is 16.5. The summed E-state index contributed by atoms with van der Waals surface area (Å²) in [5.41, 5.74) is 5.61. The van der Waals surface area contributed by atoms with Crippen molar-refractivity contribution in [2.24, 2.45) is 11.7 Å². The molecular formula is C10H19NO4. The van der Waals surface area contributed by atoms with Crippen LogP contribution in [0.5, 0.6) is 0 Å². The number of hydrogen-bond donors (Lipinski definition) is 2. The average molecular weight is 217 g/mol. The highest BCUT2D eigenvalue weighted by Crippen LogP contribution is 2.09. The lowest BCUT2D eigenvalue weighted by Gasteiger charge is -2.19. The van der Waals surface area contributed by atoms with Gasteiger partial charge in [0, 0.05) is 0 Å². The molecule has 0 saturated carbocycles. The lowest BCUT2D eigenvalue weighted by atomic mass is 10.0. The Morgan fingerprint density at radius 1 is 1.33 bits per heavy atom. The second kappa shape index (κ2) is 6.40. The molecule has 88 valence electrons. The van der Waals surface area contributed by atoms with Crippen molar-refractivity contribution in [3.8, 4) is 0 Å². The van der Waals surface area contributed by atoms with Crippen molar-refractivity contribution in [3.63, 3.8) is 0 Å². The molecule has 0 saturated heterocycles. The van der Waals surface area contributed by atoms with Crippen molar-refractivity contribution in [3.05, 3.63) is 0 Å². The molecule has 0 aliphatic rings. The second-order valence-corrected chi connectivity index (χ2v) is 3.58. The molecule has 0 rings (SSSR count). The van der Waals surface area contributed by atoms with Gasteiger partial charge >= 0.3 is 11.9 Å². The number of ether oxygens (including phenoxy) is 1. The summed E-state index contributed by atoms with van der Waals surface area (Å²) in [5.74, 6) is -1.79. The first kappa shape index (κ1) is 13.9. The van der Waals surface area contributed by atoms with Crippen LogP contribution in [0, 0.1) is 5.92 Å². The van der Waals surface area contributed by atoms with Crippen LogP contribution in [-0.2, 0) is 14.3 Å². The maximum Gasteiger partial charge on any atom is 0.345 e. The van der Waals surface area contributed by atoms with E-state index >= 15 is 0 Å². The minimum Gasteiger partial charge on any atom is -0.479 e. The highest BCUT2D eigenvalue weighted by atomic mass is 16.6. The monoisotopic (exact) mass is 217 g/mol. The molecule has 0 radical (unpaired) electrons. The zero-order chi connectivity index (χ0) is 12.0. The van der Waals surface area contributed by atoms with E-state index in [0.29, 0.717) is 0 Å². The smallest absolute Gasteiger partial charge is 0.345 e. The van der Waals surface area contributed by atoms with E-state index in [4.69, 9.17) is 15.6 Å². The van der Waals surface area contributed by atoms with Crippen LogP contribution in [0.25, 0.3) is 0 Å². The summed E-state index contributed by atoms with van der Waals surface area (Å²) < 4.78 is 4.78. The van der Waals surface area contributed by atoms with E-state index in [1.165, 1.54) is 0 Å². The molecule has 5 heteroatoms. The van der Waals surface area contributed by atoms with E-state index in [2.05, 4.69) is 0 Å². The van der Waals surface area contributed by atoms with E-state index < -0.39 is 24.1 Å². The highest BCUT2D eigenvalue weighted by molar-refractivity contribution is 5.80. The number of nitrogens with two attached hydrogens (primary N) is 1. The molecule has 0 aromatic heterocycles. The van der Waals surface area contributed by atoms with Crippen LogP contribution in [0.4, 0.5) is 0 Å². The van der Waals surface area contributed by atoms with Gasteiger partial charge in [-0.05, 0) is 12.3 Å². The van der Waals surface area contributed by atoms with Crippen LogP contribution in [0.1, 0.15) is 33.6 Å². The third-order valence-corrected chi connectivity index (χ3v) is 2.43. The minimum absolute atomic E-state index is 0.0104. The van der Waals surface area contributed by atoms with Crippen LogP contribution in [0.2, 0.25) is 0 Å². The molecule has 0 aromatic rings. The van der Waals surface area contributed by atoms with Crippen LogP contribution in [0.15, 0.2) is 0 Å². The van der Waals surface area contributed by atoms with Crippen molar-refractivity contribution in [1.29, 1.82) is 0 Å². The van der Waals surface area contributed by atoms with E-state index in [0.717, 1.165) is 6.42 Å². The Morgan fingerprint density at radius 2 is 1.87 bits per heavy atom. The topological polar surface area (TPSA) is 89.6 Å². The first-order valence-corrected chi connectivity index (χ1v) is 5.12. The Hall–Kier alpha value is -1.10. The number of rotatable bonds is 6. The average Bonchev–Trinajstić information content (AvgIpc) is 2.22. The molecule has 0 heterocycles. The molecule has 0 amide bonds. The summed E-state index contributed by atoms with van der Waals surface area (Å²) in [6.45, 7) is 5.38. The van der Waals surface area contributed by atoms with Crippen LogP contribution in [-0.4, -0.2) is 29.2 Å². The molecule has 0 aromatic carbocycles. The predicted octanol–water partition coefficient (Wildman–Crippen LogP) is 0.766. The lowest BCUT2D eigenvalue weighted by molar-refractivity contribution is -0.165. The number of carboxylic acids is 1. The molecule has 0 bridgehead atoms. The van der Waals surface area contributed by atoms with Gasteiger partial charge in [-0.3, -0.25) is 4.79 Å². The van der Waals surface area contributed by atoms with Gasteiger partial charge in [-0.1, -0.05) is 27.2 Å². The Labute approximate surface area is 89.6 Å². The molecule has 0 fully saturated rings. The fourth-order valence-electron chi connectivity index (χ4n) is 1.01. The largest absolute Gasteiger partial charge is 0.479 e. The molecule has 3 N–H and O–H groups in total. The Kier molecular flexibility index (Phi) is 5.93. The predicted molar refractivity (Wildman–Crippen MR) is 55.2 cm³/mol. The number of carbonyl (C=O) groups is 2.